The van der Waals surface area contributed by atoms with Gasteiger partial charge in [0.25, 0.3) is 5.91 Å². The number of carbonyl (C=O) groups is 2. The van der Waals surface area contributed by atoms with Gasteiger partial charge in [-0.05, 0) is 54.8 Å². The van der Waals surface area contributed by atoms with Gasteiger partial charge >= 0.3 is 0 Å². The molecule has 0 radical (unpaired) electrons. The highest BCUT2D eigenvalue weighted by Crippen LogP contribution is 2.21. The quantitative estimate of drug-likeness (QED) is 0.875. The summed E-state index contributed by atoms with van der Waals surface area (Å²) in [5.41, 5.74) is 0.672. The highest BCUT2D eigenvalue weighted by atomic mass is 16.2. The molecule has 2 N–H and O–H groups in total. The molecule has 0 spiro atoms. The van der Waals surface area contributed by atoms with Crippen LogP contribution in [0.5, 0.6) is 0 Å². The standard InChI is InChI=1S/C22H27N3O2/c1-15(19-12-23-13-19)22(27)25-10-4-7-20(14-25)24-21(26)18-9-8-16-5-2-3-6-17(16)11-18/h2-3,5-6,8-9,11,15,19-20,23H,4,7,10,12-14H2,1H3,(H,24,26). The second kappa shape index (κ2) is 7.69. The molecule has 2 aliphatic heterocycles. The van der Waals surface area contributed by atoms with Crippen LogP contribution in [0.25, 0.3) is 10.8 Å². The molecule has 2 unspecified atom stereocenters. The minimum absolute atomic E-state index is 0.0217. The Bertz CT molecular complexity index is 846. The van der Waals surface area contributed by atoms with Crippen LogP contribution in [0, 0.1) is 11.8 Å². The van der Waals surface area contributed by atoms with Gasteiger partial charge in [0.1, 0.15) is 0 Å². The molecular formula is C22H27N3O2. The molecule has 2 atom stereocenters. The molecule has 2 aromatic carbocycles. The van der Waals surface area contributed by atoms with Gasteiger partial charge in [-0.2, -0.15) is 0 Å². The van der Waals surface area contributed by atoms with E-state index in [4.69, 9.17) is 0 Å². The zero-order valence-electron chi connectivity index (χ0n) is 15.8. The number of piperidine rings is 1. The second-order valence-corrected chi connectivity index (χ2v) is 7.87. The fraction of sp³-hybridized carbons (Fsp3) is 0.455. The summed E-state index contributed by atoms with van der Waals surface area (Å²) in [6, 6.07) is 13.8. The lowest BCUT2D eigenvalue weighted by molar-refractivity contribution is -0.138. The summed E-state index contributed by atoms with van der Waals surface area (Å²) in [5.74, 6) is 0.675. The molecule has 2 saturated heterocycles. The van der Waals surface area contributed by atoms with E-state index in [-0.39, 0.29) is 23.8 Å². The number of benzene rings is 2. The molecular weight excluding hydrogens is 338 g/mol. The van der Waals surface area contributed by atoms with Gasteiger partial charge in [0.2, 0.25) is 5.91 Å². The van der Waals surface area contributed by atoms with Gasteiger partial charge in [-0.1, -0.05) is 37.3 Å². The predicted octanol–water partition coefficient (Wildman–Crippen LogP) is 2.42. The maximum absolute atomic E-state index is 12.8. The molecule has 2 amide bonds. The molecule has 2 aliphatic rings. The number of hydrogen-bond acceptors (Lipinski definition) is 3. The van der Waals surface area contributed by atoms with E-state index in [0.717, 1.165) is 43.2 Å². The van der Waals surface area contributed by atoms with Crippen molar-refractivity contribution in [2.45, 2.75) is 25.8 Å². The van der Waals surface area contributed by atoms with E-state index >= 15 is 0 Å². The highest BCUT2D eigenvalue weighted by Gasteiger charge is 2.33. The molecule has 27 heavy (non-hydrogen) atoms. The summed E-state index contributed by atoms with van der Waals surface area (Å²) in [6.07, 6.45) is 1.85. The van der Waals surface area contributed by atoms with E-state index < -0.39 is 0 Å². The fourth-order valence-electron chi connectivity index (χ4n) is 4.05. The minimum atomic E-state index is -0.0590. The van der Waals surface area contributed by atoms with Crippen molar-refractivity contribution in [3.05, 3.63) is 48.0 Å². The third-order valence-electron chi connectivity index (χ3n) is 5.99. The molecule has 0 saturated carbocycles. The Morgan fingerprint density at radius 2 is 1.93 bits per heavy atom. The Kier molecular flexibility index (Phi) is 5.12. The summed E-state index contributed by atoms with van der Waals surface area (Å²) in [7, 11) is 0. The van der Waals surface area contributed by atoms with Gasteiger partial charge in [0, 0.05) is 30.6 Å². The van der Waals surface area contributed by atoms with Crippen LogP contribution < -0.4 is 10.6 Å². The average Bonchev–Trinajstić information content (AvgIpc) is 2.65. The Labute approximate surface area is 160 Å². The number of rotatable bonds is 4. The lowest BCUT2D eigenvalue weighted by Crippen LogP contribution is -2.54. The second-order valence-electron chi connectivity index (χ2n) is 7.87. The lowest BCUT2D eigenvalue weighted by Gasteiger charge is -2.38. The van der Waals surface area contributed by atoms with Crippen LogP contribution in [0.4, 0.5) is 0 Å². The average molecular weight is 365 g/mol. The van der Waals surface area contributed by atoms with Crippen molar-refractivity contribution in [2.24, 2.45) is 11.8 Å². The normalized spacial score (nSPS) is 21.5. The third kappa shape index (κ3) is 3.83. The Morgan fingerprint density at radius 1 is 1.15 bits per heavy atom. The van der Waals surface area contributed by atoms with Crippen molar-refractivity contribution in [1.82, 2.24) is 15.5 Å². The number of hydrogen-bond donors (Lipinski definition) is 2. The SMILES string of the molecule is CC(C(=O)N1CCCC(NC(=O)c2ccc3ccccc3c2)C1)C1CNC1. The van der Waals surface area contributed by atoms with E-state index in [2.05, 4.69) is 10.6 Å². The zero-order chi connectivity index (χ0) is 18.8. The number of nitrogens with one attached hydrogen (secondary N) is 2. The molecule has 142 valence electrons. The van der Waals surface area contributed by atoms with Crippen LogP contribution in [0.1, 0.15) is 30.1 Å². The number of likely N-dealkylation sites (tertiary alicyclic amines) is 1. The van der Waals surface area contributed by atoms with Crippen LogP contribution in [0.2, 0.25) is 0 Å². The molecule has 4 rings (SSSR count). The molecule has 0 aliphatic carbocycles. The molecule has 5 nitrogen and oxygen atoms in total. The van der Waals surface area contributed by atoms with Gasteiger partial charge < -0.3 is 15.5 Å². The molecule has 2 heterocycles. The summed E-state index contributed by atoms with van der Waals surface area (Å²) in [5, 5.41) is 8.56. The predicted molar refractivity (Wildman–Crippen MR) is 107 cm³/mol. The van der Waals surface area contributed by atoms with Crippen molar-refractivity contribution < 1.29 is 9.59 Å². The number of nitrogens with zero attached hydrogens (tertiary/aromatic N) is 1. The first-order valence-electron chi connectivity index (χ1n) is 9.91. The van der Waals surface area contributed by atoms with E-state index in [1.807, 2.05) is 54.3 Å². The summed E-state index contributed by atoms with van der Waals surface area (Å²) in [4.78, 5) is 27.4. The molecule has 2 aromatic rings. The third-order valence-corrected chi connectivity index (χ3v) is 5.99. The zero-order valence-corrected chi connectivity index (χ0v) is 15.8. The molecule has 0 aromatic heterocycles. The Morgan fingerprint density at radius 3 is 2.67 bits per heavy atom. The Hall–Kier alpha value is -2.40. The van der Waals surface area contributed by atoms with E-state index in [1.54, 1.807) is 0 Å². The molecule has 2 fully saturated rings. The van der Waals surface area contributed by atoms with Gasteiger partial charge in [-0.15, -0.1) is 0 Å². The largest absolute Gasteiger partial charge is 0.348 e. The first-order valence-corrected chi connectivity index (χ1v) is 9.91. The maximum atomic E-state index is 12.8. The van der Waals surface area contributed by atoms with Crippen LogP contribution in [0.3, 0.4) is 0 Å². The lowest BCUT2D eigenvalue weighted by atomic mass is 9.87. The van der Waals surface area contributed by atoms with E-state index in [0.29, 0.717) is 18.0 Å². The van der Waals surface area contributed by atoms with Gasteiger partial charge in [-0.3, -0.25) is 9.59 Å². The monoisotopic (exact) mass is 365 g/mol. The number of fused-ring (bicyclic) bond motifs is 1. The van der Waals surface area contributed by atoms with Crippen LogP contribution >= 0.6 is 0 Å². The van der Waals surface area contributed by atoms with Crippen molar-refractivity contribution >= 4 is 22.6 Å². The first-order chi connectivity index (χ1) is 13.1. The summed E-state index contributed by atoms with van der Waals surface area (Å²) in [6.45, 7) is 5.31. The van der Waals surface area contributed by atoms with E-state index in [9.17, 15) is 9.59 Å². The smallest absolute Gasteiger partial charge is 0.251 e. The highest BCUT2D eigenvalue weighted by molar-refractivity contribution is 5.98. The van der Waals surface area contributed by atoms with Crippen molar-refractivity contribution in [2.75, 3.05) is 26.2 Å². The van der Waals surface area contributed by atoms with Crippen LogP contribution in [-0.4, -0.2) is 48.9 Å². The summed E-state index contributed by atoms with van der Waals surface area (Å²) >= 11 is 0. The first kappa shape index (κ1) is 18.0. The van der Waals surface area contributed by atoms with Crippen molar-refractivity contribution in [3.63, 3.8) is 0 Å². The Balaban J connectivity index is 1.39. The molecule has 0 bridgehead atoms. The van der Waals surface area contributed by atoms with Gasteiger partial charge in [0.05, 0.1) is 0 Å². The van der Waals surface area contributed by atoms with Crippen molar-refractivity contribution in [1.29, 1.82) is 0 Å². The topological polar surface area (TPSA) is 61.4 Å². The minimum Gasteiger partial charge on any atom is -0.348 e. The maximum Gasteiger partial charge on any atom is 0.251 e. The van der Waals surface area contributed by atoms with E-state index in [1.165, 1.54) is 0 Å². The van der Waals surface area contributed by atoms with Crippen molar-refractivity contribution in [3.8, 4) is 0 Å². The van der Waals surface area contributed by atoms with Gasteiger partial charge in [-0.25, -0.2) is 0 Å². The summed E-state index contributed by atoms with van der Waals surface area (Å²) < 4.78 is 0. The molecule has 5 heteroatoms. The fourth-order valence-corrected chi connectivity index (χ4v) is 4.05. The number of amides is 2. The van der Waals surface area contributed by atoms with Crippen LogP contribution in [0.15, 0.2) is 42.5 Å². The van der Waals surface area contributed by atoms with Gasteiger partial charge in [0.15, 0.2) is 0 Å². The van der Waals surface area contributed by atoms with Crippen LogP contribution in [-0.2, 0) is 4.79 Å². The number of carbonyl (C=O) groups excluding carboxylic acids is 2.